The van der Waals surface area contributed by atoms with Crippen LogP contribution in [0.5, 0.6) is 0 Å². The van der Waals surface area contributed by atoms with Gasteiger partial charge in [-0.3, -0.25) is 9.78 Å². The SMILES string of the molecule is CN(CCc1ccncc1)c1ccc(NC(=O)C2CCC2)cc1. The number of pyridine rings is 1. The zero-order chi connectivity index (χ0) is 16.1. The number of hydrogen-bond donors (Lipinski definition) is 1. The second-order valence-electron chi connectivity index (χ2n) is 6.19. The molecule has 1 saturated carbocycles. The van der Waals surface area contributed by atoms with Crippen LogP contribution in [-0.2, 0) is 11.2 Å². The third-order valence-corrected chi connectivity index (χ3v) is 4.54. The predicted molar refractivity (Wildman–Crippen MR) is 93.6 cm³/mol. The van der Waals surface area contributed by atoms with Crippen molar-refractivity contribution in [2.45, 2.75) is 25.7 Å². The number of benzene rings is 1. The highest BCUT2D eigenvalue weighted by Gasteiger charge is 2.24. The highest BCUT2D eigenvalue weighted by atomic mass is 16.1. The molecule has 1 fully saturated rings. The molecule has 1 aliphatic rings. The number of carbonyl (C=O) groups excluding carboxylic acids is 1. The first-order chi connectivity index (χ1) is 11.2. The topological polar surface area (TPSA) is 45.2 Å². The van der Waals surface area contributed by atoms with Crippen molar-refractivity contribution in [2.24, 2.45) is 5.92 Å². The standard InChI is InChI=1S/C19H23N3O/c1-22(14-11-15-9-12-20-13-10-15)18-7-5-17(6-8-18)21-19(23)16-3-2-4-16/h5-10,12-13,16H,2-4,11,14H2,1H3,(H,21,23). The van der Waals surface area contributed by atoms with Crippen LogP contribution in [0.4, 0.5) is 11.4 Å². The molecule has 0 unspecified atom stereocenters. The lowest BCUT2D eigenvalue weighted by atomic mass is 9.85. The van der Waals surface area contributed by atoms with Crippen molar-refractivity contribution in [3.8, 4) is 0 Å². The molecule has 1 aromatic carbocycles. The van der Waals surface area contributed by atoms with Crippen LogP contribution in [0.25, 0.3) is 0 Å². The molecule has 1 aliphatic carbocycles. The Labute approximate surface area is 137 Å². The highest BCUT2D eigenvalue weighted by Crippen LogP contribution is 2.28. The van der Waals surface area contributed by atoms with Gasteiger partial charge in [-0.2, -0.15) is 0 Å². The van der Waals surface area contributed by atoms with Gasteiger partial charge in [0.2, 0.25) is 5.91 Å². The molecule has 1 heterocycles. The molecular weight excluding hydrogens is 286 g/mol. The summed E-state index contributed by atoms with van der Waals surface area (Å²) in [6.45, 7) is 0.942. The molecule has 23 heavy (non-hydrogen) atoms. The molecule has 0 aliphatic heterocycles. The van der Waals surface area contributed by atoms with Crippen LogP contribution >= 0.6 is 0 Å². The van der Waals surface area contributed by atoms with Crippen LogP contribution < -0.4 is 10.2 Å². The van der Waals surface area contributed by atoms with Gasteiger partial charge in [0.25, 0.3) is 0 Å². The lowest BCUT2D eigenvalue weighted by molar-refractivity contribution is -0.122. The molecule has 2 aromatic rings. The molecule has 4 heteroatoms. The number of amides is 1. The van der Waals surface area contributed by atoms with Gasteiger partial charge in [-0.15, -0.1) is 0 Å². The van der Waals surface area contributed by atoms with Crippen molar-refractivity contribution >= 4 is 17.3 Å². The monoisotopic (exact) mass is 309 g/mol. The number of nitrogens with zero attached hydrogens (tertiary/aromatic N) is 2. The molecule has 0 atom stereocenters. The Morgan fingerprint density at radius 1 is 1.17 bits per heavy atom. The number of nitrogens with one attached hydrogen (secondary N) is 1. The van der Waals surface area contributed by atoms with E-state index in [1.807, 2.05) is 36.7 Å². The molecule has 0 saturated heterocycles. The van der Waals surface area contributed by atoms with E-state index in [0.29, 0.717) is 0 Å². The number of carbonyl (C=O) groups is 1. The van der Waals surface area contributed by atoms with Gasteiger partial charge >= 0.3 is 0 Å². The number of rotatable bonds is 6. The fraction of sp³-hybridized carbons (Fsp3) is 0.368. The Kier molecular flexibility index (Phi) is 4.91. The van der Waals surface area contributed by atoms with Crippen molar-refractivity contribution in [1.29, 1.82) is 0 Å². The average molecular weight is 309 g/mol. The zero-order valence-corrected chi connectivity index (χ0v) is 13.5. The number of aromatic nitrogens is 1. The maximum Gasteiger partial charge on any atom is 0.227 e. The summed E-state index contributed by atoms with van der Waals surface area (Å²) < 4.78 is 0. The van der Waals surface area contributed by atoms with E-state index < -0.39 is 0 Å². The predicted octanol–water partition coefficient (Wildman–Crippen LogP) is 3.50. The minimum atomic E-state index is 0.162. The minimum Gasteiger partial charge on any atom is -0.374 e. The van der Waals surface area contributed by atoms with Gasteiger partial charge in [-0.1, -0.05) is 6.42 Å². The largest absolute Gasteiger partial charge is 0.374 e. The summed E-state index contributed by atoms with van der Waals surface area (Å²) in [4.78, 5) is 18.2. The van der Waals surface area contributed by atoms with Gasteiger partial charge in [-0.05, 0) is 61.2 Å². The molecular formula is C19H23N3O. The van der Waals surface area contributed by atoms with Crippen molar-refractivity contribution < 1.29 is 4.79 Å². The molecule has 0 radical (unpaired) electrons. The van der Waals surface area contributed by atoms with Crippen LogP contribution in [0.2, 0.25) is 0 Å². The van der Waals surface area contributed by atoms with Crippen LogP contribution in [0, 0.1) is 5.92 Å². The Hall–Kier alpha value is -2.36. The molecule has 1 N–H and O–H groups in total. The summed E-state index contributed by atoms with van der Waals surface area (Å²) in [6.07, 6.45) is 7.88. The summed E-state index contributed by atoms with van der Waals surface area (Å²) in [5.74, 6) is 0.382. The summed E-state index contributed by atoms with van der Waals surface area (Å²) >= 11 is 0. The summed E-state index contributed by atoms with van der Waals surface area (Å²) in [6, 6.07) is 12.2. The minimum absolute atomic E-state index is 0.162. The van der Waals surface area contributed by atoms with Crippen molar-refractivity contribution in [3.63, 3.8) is 0 Å². The van der Waals surface area contributed by atoms with Crippen molar-refractivity contribution in [1.82, 2.24) is 4.98 Å². The van der Waals surface area contributed by atoms with E-state index in [0.717, 1.165) is 37.2 Å². The number of anilines is 2. The first-order valence-corrected chi connectivity index (χ1v) is 8.23. The van der Waals surface area contributed by atoms with E-state index >= 15 is 0 Å². The molecule has 3 rings (SSSR count). The van der Waals surface area contributed by atoms with Crippen LogP contribution in [-0.4, -0.2) is 24.5 Å². The normalized spacial score (nSPS) is 14.1. The maximum absolute atomic E-state index is 11.9. The van der Waals surface area contributed by atoms with Gasteiger partial charge in [0, 0.05) is 43.3 Å². The molecule has 0 bridgehead atoms. The third-order valence-electron chi connectivity index (χ3n) is 4.54. The van der Waals surface area contributed by atoms with E-state index in [1.54, 1.807) is 0 Å². The van der Waals surface area contributed by atoms with Crippen LogP contribution in [0.1, 0.15) is 24.8 Å². The van der Waals surface area contributed by atoms with E-state index in [2.05, 4.69) is 34.4 Å². The van der Waals surface area contributed by atoms with Gasteiger partial charge in [0.1, 0.15) is 0 Å². The van der Waals surface area contributed by atoms with E-state index in [-0.39, 0.29) is 11.8 Å². The number of hydrogen-bond acceptors (Lipinski definition) is 3. The van der Waals surface area contributed by atoms with Gasteiger partial charge < -0.3 is 10.2 Å². The Balaban J connectivity index is 1.52. The lowest BCUT2D eigenvalue weighted by Crippen LogP contribution is -2.28. The van der Waals surface area contributed by atoms with Crippen LogP contribution in [0.3, 0.4) is 0 Å². The Morgan fingerprint density at radius 2 is 1.87 bits per heavy atom. The van der Waals surface area contributed by atoms with E-state index in [9.17, 15) is 4.79 Å². The van der Waals surface area contributed by atoms with Gasteiger partial charge in [-0.25, -0.2) is 0 Å². The first kappa shape index (κ1) is 15.5. The van der Waals surface area contributed by atoms with Crippen LogP contribution in [0.15, 0.2) is 48.8 Å². The molecule has 0 spiro atoms. The Morgan fingerprint density at radius 3 is 2.48 bits per heavy atom. The molecule has 120 valence electrons. The molecule has 1 amide bonds. The fourth-order valence-corrected chi connectivity index (χ4v) is 2.69. The average Bonchev–Trinajstić information content (AvgIpc) is 2.52. The summed E-state index contributed by atoms with van der Waals surface area (Å²) in [5, 5.41) is 3.00. The second-order valence-corrected chi connectivity index (χ2v) is 6.19. The zero-order valence-electron chi connectivity index (χ0n) is 13.5. The van der Waals surface area contributed by atoms with Gasteiger partial charge in [0.05, 0.1) is 0 Å². The Bertz CT molecular complexity index is 635. The third kappa shape index (κ3) is 4.09. The van der Waals surface area contributed by atoms with E-state index in [1.165, 1.54) is 12.0 Å². The van der Waals surface area contributed by atoms with Gasteiger partial charge in [0.15, 0.2) is 0 Å². The smallest absolute Gasteiger partial charge is 0.227 e. The van der Waals surface area contributed by atoms with E-state index in [4.69, 9.17) is 0 Å². The summed E-state index contributed by atoms with van der Waals surface area (Å²) in [7, 11) is 2.09. The fourth-order valence-electron chi connectivity index (χ4n) is 2.69. The quantitative estimate of drug-likeness (QED) is 0.888. The molecule has 1 aromatic heterocycles. The maximum atomic E-state index is 11.9. The number of likely N-dealkylation sites (N-methyl/N-ethyl adjacent to an activating group) is 1. The van der Waals surface area contributed by atoms with Crippen molar-refractivity contribution in [2.75, 3.05) is 23.8 Å². The first-order valence-electron chi connectivity index (χ1n) is 8.23. The second kappa shape index (κ2) is 7.27. The van der Waals surface area contributed by atoms with Crippen molar-refractivity contribution in [3.05, 3.63) is 54.4 Å². The lowest BCUT2D eigenvalue weighted by Gasteiger charge is -2.24. The molecule has 4 nitrogen and oxygen atoms in total. The summed E-state index contributed by atoms with van der Waals surface area (Å²) in [5.41, 5.74) is 3.32. The highest BCUT2D eigenvalue weighted by molar-refractivity contribution is 5.93.